The van der Waals surface area contributed by atoms with E-state index in [1.54, 1.807) is 19.9 Å². The number of rotatable bonds is 6. The maximum absolute atomic E-state index is 12.1. The molecule has 1 atom stereocenters. The summed E-state index contributed by atoms with van der Waals surface area (Å²) in [6.07, 6.45) is 4.47. The van der Waals surface area contributed by atoms with Gasteiger partial charge in [0.15, 0.2) is 0 Å². The third kappa shape index (κ3) is 4.47. The molecule has 0 saturated carbocycles. The van der Waals surface area contributed by atoms with Gasteiger partial charge < -0.3 is 0 Å². The van der Waals surface area contributed by atoms with E-state index in [2.05, 4.69) is 0 Å². The highest BCUT2D eigenvalue weighted by Crippen LogP contribution is 2.51. The standard InChI is InChI=1S/C10H19O4P/c1-3-12-15(11,13-4-2)14-10-8-6-5-7-9-10/h6,8,10H,3-5,7,9H2,1-2H3/i10D. The SMILES string of the molecule is [2H]C1(OP(=O)(OCC)OCC)C=CCCC1. The van der Waals surface area contributed by atoms with Crippen molar-refractivity contribution in [2.45, 2.75) is 39.2 Å². The monoisotopic (exact) mass is 235 g/mol. The van der Waals surface area contributed by atoms with Crippen molar-refractivity contribution in [2.75, 3.05) is 13.2 Å². The van der Waals surface area contributed by atoms with E-state index in [1.807, 2.05) is 6.08 Å². The molecular weight excluding hydrogens is 215 g/mol. The van der Waals surface area contributed by atoms with Gasteiger partial charge in [-0.2, -0.15) is 0 Å². The number of allylic oxidation sites excluding steroid dienone is 1. The molecule has 0 aromatic rings. The maximum Gasteiger partial charge on any atom is 0.475 e. The van der Waals surface area contributed by atoms with Gasteiger partial charge in [-0.15, -0.1) is 0 Å². The summed E-state index contributed by atoms with van der Waals surface area (Å²) in [7, 11) is -3.59. The summed E-state index contributed by atoms with van der Waals surface area (Å²) in [4.78, 5) is 0. The van der Waals surface area contributed by atoms with Gasteiger partial charge in [-0.1, -0.05) is 12.2 Å². The van der Waals surface area contributed by atoms with Gasteiger partial charge in [0.1, 0.15) is 0 Å². The summed E-state index contributed by atoms with van der Waals surface area (Å²) in [6, 6.07) is 0. The van der Waals surface area contributed by atoms with Gasteiger partial charge in [0.2, 0.25) is 0 Å². The molecule has 0 heterocycles. The van der Waals surface area contributed by atoms with Crippen molar-refractivity contribution >= 4 is 7.82 Å². The van der Waals surface area contributed by atoms with Crippen LogP contribution in [0.1, 0.15) is 34.5 Å². The molecule has 0 saturated heterocycles. The third-order valence-electron chi connectivity index (χ3n) is 1.90. The summed E-state index contributed by atoms with van der Waals surface area (Å²) in [5.74, 6) is 0. The first-order valence-corrected chi connectivity index (χ1v) is 6.77. The predicted octanol–water partition coefficient (Wildman–Crippen LogP) is 3.29. The Hall–Kier alpha value is -0.150. The van der Waals surface area contributed by atoms with Crippen LogP contribution in [0.5, 0.6) is 0 Å². The summed E-state index contributed by atoms with van der Waals surface area (Å²) in [6.45, 7) is 3.89. The van der Waals surface area contributed by atoms with Gasteiger partial charge in [0, 0.05) is 0 Å². The van der Waals surface area contributed by atoms with E-state index < -0.39 is 13.9 Å². The van der Waals surface area contributed by atoms with Crippen LogP contribution in [0.25, 0.3) is 0 Å². The molecule has 1 unspecified atom stereocenters. The van der Waals surface area contributed by atoms with Gasteiger partial charge in [-0.25, -0.2) is 4.57 Å². The van der Waals surface area contributed by atoms with Crippen molar-refractivity contribution in [1.29, 1.82) is 0 Å². The van der Waals surface area contributed by atoms with Crippen molar-refractivity contribution in [3.8, 4) is 0 Å². The van der Waals surface area contributed by atoms with Crippen molar-refractivity contribution in [1.82, 2.24) is 0 Å². The fourth-order valence-corrected chi connectivity index (χ4v) is 2.57. The predicted molar refractivity (Wildman–Crippen MR) is 58.7 cm³/mol. The Morgan fingerprint density at radius 3 is 2.60 bits per heavy atom. The molecular formula is C10H19O4P. The minimum absolute atomic E-state index is 0.233. The average molecular weight is 235 g/mol. The van der Waals surface area contributed by atoms with Crippen LogP contribution in [-0.2, 0) is 18.1 Å². The van der Waals surface area contributed by atoms with Gasteiger partial charge >= 0.3 is 7.82 Å². The van der Waals surface area contributed by atoms with Crippen molar-refractivity contribution in [3.63, 3.8) is 0 Å². The zero-order chi connectivity index (χ0) is 12.1. The van der Waals surface area contributed by atoms with Crippen LogP contribution in [0.15, 0.2) is 12.2 Å². The fourth-order valence-electron chi connectivity index (χ4n) is 1.32. The molecule has 0 radical (unpaired) electrons. The molecule has 4 nitrogen and oxygen atoms in total. The van der Waals surface area contributed by atoms with Crippen LogP contribution in [-0.4, -0.2) is 19.3 Å². The lowest BCUT2D eigenvalue weighted by Crippen LogP contribution is -2.13. The Kier molecular flexibility index (Phi) is 4.87. The highest BCUT2D eigenvalue weighted by atomic mass is 31.2. The van der Waals surface area contributed by atoms with Crippen molar-refractivity contribution in [3.05, 3.63) is 12.2 Å². The first-order chi connectivity index (χ1) is 7.54. The lowest BCUT2D eigenvalue weighted by Gasteiger charge is -2.22. The third-order valence-corrected chi connectivity index (χ3v) is 3.51. The zero-order valence-electron chi connectivity index (χ0n) is 10.3. The second-order valence-electron chi connectivity index (χ2n) is 3.13. The average Bonchev–Trinajstić information content (AvgIpc) is 2.17. The van der Waals surface area contributed by atoms with Crippen LogP contribution in [0.4, 0.5) is 0 Å². The molecule has 1 aliphatic carbocycles. The highest BCUT2D eigenvalue weighted by molar-refractivity contribution is 7.48. The second-order valence-corrected chi connectivity index (χ2v) is 4.73. The molecule has 5 heteroatoms. The molecule has 1 rings (SSSR count). The van der Waals surface area contributed by atoms with Gasteiger partial charge in [-0.05, 0) is 33.1 Å². The molecule has 0 fully saturated rings. The molecule has 0 spiro atoms. The Balaban J connectivity index is 2.70. The molecule has 15 heavy (non-hydrogen) atoms. The molecule has 1 aliphatic rings. The molecule has 0 aliphatic heterocycles. The van der Waals surface area contributed by atoms with Crippen molar-refractivity contribution in [2.24, 2.45) is 0 Å². The van der Waals surface area contributed by atoms with E-state index in [0.717, 1.165) is 12.8 Å². The Bertz CT molecular complexity index is 285. The maximum atomic E-state index is 12.1. The Morgan fingerprint density at radius 1 is 1.47 bits per heavy atom. The summed E-state index contributed by atoms with van der Waals surface area (Å²) >= 11 is 0. The minimum Gasteiger partial charge on any atom is -0.287 e. The van der Waals surface area contributed by atoms with E-state index in [9.17, 15) is 4.57 Å². The molecule has 0 bridgehead atoms. The van der Waals surface area contributed by atoms with E-state index in [1.165, 1.54) is 0 Å². The molecule has 0 amide bonds. The summed E-state index contributed by atoms with van der Waals surface area (Å²) < 4.78 is 35.3. The number of phosphoric acid groups is 1. The van der Waals surface area contributed by atoms with E-state index in [0.29, 0.717) is 6.42 Å². The molecule has 0 N–H and O–H groups in total. The van der Waals surface area contributed by atoms with Crippen LogP contribution in [0.2, 0.25) is 0 Å². The number of hydrogen-bond donors (Lipinski definition) is 0. The van der Waals surface area contributed by atoms with Crippen LogP contribution >= 0.6 is 7.82 Å². The summed E-state index contributed by atoms with van der Waals surface area (Å²) in [5.41, 5.74) is 0. The molecule has 88 valence electrons. The van der Waals surface area contributed by atoms with Gasteiger partial charge in [-0.3, -0.25) is 13.6 Å². The minimum atomic E-state index is -3.59. The number of phosphoric ester groups is 1. The molecule has 0 aromatic heterocycles. The van der Waals surface area contributed by atoms with E-state index in [4.69, 9.17) is 14.9 Å². The fraction of sp³-hybridized carbons (Fsp3) is 0.800. The van der Waals surface area contributed by atoms with Crippen molar-refractivity contribution < 1.29 is 19.5 Å². The van der Waals surface area contributed by atoms with Crippen LogP contribution in [0, 0.1) is 0 Å². The van der Waals surface area contributed by atoms with Crippen LogP contribution in [0.3, 0.4) is 0 Å². The number of hydrogen-bond acceptors (Lipinski definition) is 4. The quantitative estimate of drug-likeness (QED) is 0.523. The second kappa shape index (κ2) is 6.44. The normalized spacial score (nSPS) is 27.7. The van der Waals surface area contributed by atoms with Gasteiger partial charge in [0.25, 0.3) is 0 Å². The lowest BCUT2D eigenvalue weighted by atomic mass is 10.1. The molecule has 0 aromatic carbocycles. The Labute approximate surface area is 92.6 Å². The topological polar surface area (TPSA) is 44.8 Å². The van der Waals surface area contributed by atoms with Crippen LogP contribution < -0.4 is 0 Å². The first kappa shape index (κ1) is 11.3. The first-order valence-electron chi connectivity index (χ1n) is 5.81. The highest BCUT2D eigenvalue weighted by Gasteiger charge is 2.29. The Morgan fingerprint density at radius 2 is 2.13 bits per heavy atom. The zero-order valence-corrected chi connectivity index (χ0v) is 10.2. The summed E-state index contributed by atoms with van der Waals surface area (Å²) in [5, 5.41) is 0. The van der Waals surface area contributed by atoms with Gasteiger partial charge in [0.05, 0.1) is 20.7 Å². The van der Waals surface area contributed by atoms with E-state index >= 15 is 0 Å². The smallest absolute Gasteiger partial charge is 0.287 e. The largest absolute Gasteiger partial charge is 0.475 e. The lowest BCUT2D eigenvalue weighted by molar-refractivity contribution is 0.0954. The van der Waals surface area contributed by atoms with E-state index in [-0.39, 0.29) is 13.2 Å².